The Hall–Kier alpha value is -4.27. The molecule has 2 N–H and O–H groups in total. The van der Waals surface area contributed by atoms with Crippen LogP contribution in [0.25, 0.3) is 16.8 Å². The smallest absolute Gasteiger partial charge is 0.337 e. The molecule has 0 saturated heterocycles. The summed E-state index contributed by atoms with van der Waals surface area (Å²) in [4.78, 5) is 36.3. The van der Waals surface area contributed by atoms with Crippen LogP contribution in [0, 0.1) is 0 Å². The molecule has 150 valence electrons. The van der Waals surface area contributed by atoms with E-state index in [2.05, 4.69) is 25.3 Å². The molecule has 0 spiro atoms. The Morgan fingerprint density at radius 3 is 2.67 bits per heavy atom. The van der Waals surface area contributed by atoms with E-state index in [0.717, 1.165) is 5.56 Å². The van der Waals surface area contributed by atoms with Crippen LogP contribution < -0.4 is 10.9 Å². The Balaban J connectivity index is 1.60. The van der Waals surface area contributed by atoms with E-state index in [1.54, 1.807) is 24.3 Å². The van der Waals surface area contributed by atoms with Crippen molar-refractivity contribution in [1.29, 1.82) is 0 Å². The molecule has 9 nitrogen and oxygen atoms in total. The quantitative estimate of drug-likeness (QED) is 0.493. The number of carbonyl (C=O) groups is 2. The highest BCUT2D eigenvalue weighted by atomic mass is 16.5. The van der Waals surface area contributed by atoms with E-state index < -0.39 is 11.5 Å². The van der Waals surface area contributed by atoms with Crippen LogP contribution in [0.3, 0.4) is 0 Å². The Bertz CT molecular complexity index is 1290. The van der Waals surface area contributed by atoms with Gasteiger partial charge in [-0.25, -0.2) is 14.4 Å². The highest BCUT2D eigenvalue weighted by molar-refractivity contribution is 5.95. The van der Waals surface area contributed by atoms with Crippen LogP contribution in [-0.2, 0) is 16.0 Å². The lowest BCUT2D eigenvalue weighted by Gasteiger charge is -2.07. The van der Waals surface area contributed by atoms with Gasteiger partial charge in [0.25, 0.3) is 5.56 Å². The van der Waals surface area contributed by atoms with E-state index in [1.807, 2.05) is 30.3 Å². The van der Waals surface area contributed by atoms with Gasteiger partial charge in [0, 0.05) is 11.3 Å². The second-order valence-corrected chi connectivity index (χ2v) is 6.46. The van der Waals surface area contributed by atoms with Gasteiger partial charge in [-0.05, 0) is 24.3 Å². The van der Waals surface area contributed by atoms with Crippen molar-refractivity contribution < 1.29 is 14.3 Å². The third-order valence-electron chi connectivity index (χ3n) is 4.43. The first-order chi connectivity index (χ1) is 14.5. The summed E-state index contributed by atoms with van der Waals surface area (Å²) < 4.78 is 6.05. The van der Waals surface area contributed by atoms with Crippen LogP contribution in [-0.4, -0.2) is 38.8 Å². The van der Waals surface area contributed by atoms with E-state index >= 15 is 0 Å². The van der Waals surface area contributed by atoms with Crippen LogP contribution in [0.1, 0.15) is 16.2 Å². The molecule has 0 aliphatic heterocycles. The standard InChI is InChI=1S/C21H17N5O4/c1-30-21(29)14-8-5-9-15(10-14)22-19(27)12-18-23-24-20(28)17-11-16(25-26(17)18)13-6-3-2-4-7-13/h2-11H,12H2,1H3,(H,22,27)(H,24,28). The third-order valence-corrected chi connectivity index (χ3v) is 4.43. The number of anilines is 1. The number of fused-ring (bicyclic) bond motifs is 1. The first-order valence-corrected chi connectivity index (χ1v) is 9.06. The molecule has 2 aromatic heterocycles. The lowest BCUT2D eigenvalue weighted by atomic mass is 10.1. The van der Waals surface area contributed by atoms with Crippen LogP contribution in [0.4, 0.5) is 5.69 Å². The van der Waals surface area contributed by atoms with Crippen molar-refractivity contribution in [2.75, 3.05) is 12.4 Å². The number of hydrogen-bond donors (Lipinski definition) is 2. The fourth-order valence-corrected chi connectivity index (χ4v) is 3.01. The van der Waals surface area contributed by atoms with Crippen LogP contribution >= 0.6 is 0 Å². The molecular formula is C21H17N5O4. The van der Waals surface area contributed by atoms with Crippen LogP contribution in [0.2, 0.25) is 0 Å². The number of esters is 1. The van der Waals surface area contributed by atoms with Crippen molar-refractivity contribution in [3.63, 3.8) is 0 Å². The normalized spacial score (nSPS) is 10.7. The molecule has 9 heteroatoms. The highest BCUT2D eigenvalue weighted by Gasteiger charge is 2.15. The van der Waals surface area contributed by atoms with Gasteiger partial charge in [-0.3, -0.25) is 9.59 Å². The SMILES string of the molecule is COC(=O)c1cccc(NC(=O)Cc2n[nH]c(=O)c3cc(-c4ccccc4)nn23)c1. The van der Waals surface area contributed by atoms with Crippen molar-refractivity contribution >= 4 is 23.1 Å². The van der Waals surface area contributed by atoms with Gasteiger partial charge in [-0.1, -0.05) is 36.4 Å². The summed E-state index contributed by atoms with van der Waals surface area (Å²) in [6.07, 6.45) is -0.133. The maximum atomic E-state index is 12.5. The molecule has 2 heterocycles. The van der Waals surface area contributed by atoms with E-state index in [-0.39, 0.29) is 18.2 Å². The average molecular weight is 403 g/mol. The number of nitrogens with one attached hydrogen (secondary N) is 2. The zero-order valence-electron chi connectivity index (χ0n) is 16.0. The largest absolute Gasteiger partial charge is 0.465 e. The Morgan fingerprint density at radius 2 is 1.90 bits per heavy atom. The first kappa shape index (κ1) is 19.1. The number of hydrogen-bond acceptors (Lipinski definition) is 6. The second kappa shape index (κ2) is 8.00. The maximum Gasteiger partial charge on any atom is 0.337 e. The number of methoxy groups -OCH3 is 1. The van der Waals surface area contributed by atoms with Gasteiger partial charge in [0.15, 0.2) is 5.82 Å². The predicted octanol–water partition coefficient (Wildman–Crippen LogP) is 2.05. The molecule has 0 unspecified atom stereocenters. The number of rotatable bonds is 5. The van der Waals surface area contributed by atoms with Gasteiger partial charge in [-0.15, -0.1) is 0 Å². The van der Waals surface area contributed by atoms with E-state index in [4.69, 9.17) is 0 Å². The number of ether oxygens (including phenoxy) is 1. The van der Waals surface area contributed by atoms with Crippen molar-refractivity contribution in [1.82, 2.24) is 19.8 Å². The first-order valence-electron chi connectivity index (χ1n) is 9.06. The van der Waals surface area contributed by atoms with Crippen LogP contribution in [0.5, 0.6) is 0 Å². The summed E-state index contributed by atoms with van der Waals surface area (Å²) in [6, 6.07) is 17.4. The minimum atomic E-state index is -0.500. The molecule has 2 aromatic carbocycles. The molecule has 0 aliphatic carbocycles. The summed E-state index contributed by atoms with van der Waals surface area (Å²) in [5.41, 5.74) is 2.09. The minimum Gasteiger partial charge on any atom is -0.465 e. The zero-order chi connectivity index (χ0) is 21.1. The van der Waals surface area contributed by atoms with Gasteiger partial charge in [-0.2, -0.15) is 10.2 Å². The number of carbonyl (C=O) groups excluding carboxylic acids is 2. The number of nitrogens with zero attached hydrogens (tertiary/aromatic N) is 3. The van der Waals surface area contributed by atoms with Crippen LogP contribution in [0.15, 0.2) is 65.5 Å². The molecule has 30 heavy (non-hydrogen) atoms. The third kappa shape index (κ3) is 3.81. The van der Waals surface area contributed by atoms with Gasteiger partial charge in [0.05, 0.1) is 24.8 Å². The topological polar surface area (TPSA) is 118 Å². The summed E-state index contributed by atoms with van der Waals surface area (Å²) in [5.74, 6) is -0.608. The second-order valence-electron chi connectivity index (χ2n) is 6.46. The Morgan fingerprint density at radius 1 is 1.10 bits per heavy atom. The molecule has 0 radical (unpaired) electrons. The molecular weight excluding hydrogens is 386 g/mol. The van der Waals surface area contributed by atoms with Gasteiger partial charge in [0.1, 0.15) is 5.52 Å². The van der Waals surface area contributed by atoms with E-state index in [9.17, 15) is 14.4 Å². The average Bonchev–Trinajstić information content (AvgIpc) is 3.23. The van der Waals surface area contributed by atoms with Crippen molar-refractivity contribution in [3.8, 4) is 11.3 Å². The number of aromatic nitrogens is 4. The molecule has 0 aliphatic rings. The number of amides is 1. The fourth-order valence-electron chi connectivity index (χ4n) is 3.01. The van der Waals surface area contributed by atoms with Gasteiger partial charge >= 0.3 is 5.97 Å². The van der Waals surface area contributed by atoms with Crippen molar-refractivity contribution in [2.24, 2.45) is 0 Å². The fraction of sp³-hybridized carbons (Fsp3) is 0.0952. The summed E-state index contributed by atoms with van der Waals surface area (Å²) in [5, 5.41) is 13.5. The molecule has 0 atom stereocenters. The molecule has 0 fully saturated rings. The van der Waals surface area contributed by atoms with Crippen molar-refractivity contribution in [2.45, 2.75) is 6.42 Å². The van der Waals surface area contributed by atoms with E-state index in [0.29, 0.717) is 22.5 Å². The summed E-state index contributed by atoms with van der Waals surface area (Å²) in [7, 11) is 1.29. The van der Waals surface area contributed by atoms with Gasteiger partial charge in [0.2, 0.25) is 5.91 Å². The lowest BCUT2D eigenvalue weighted by molar-refractivity contribution is -0.115. The molecule has 0 saturated carbocycles. The zero-order valence-corrected chi connectivity index (χ0v) is 16.0. The number of aromatic amines is 1. The summed E-state index contributed by atoms with van der Waals surface area (Å²) in [6.45, 7) is 0. The monoisotopic (exact) mass is 403 g/mol. The Kier molecular flexibility index (Phi) is 5.08. The maximum absolute atomic E-state index is 12.5. The Labute approximate surface area is 170 Å². The molecule has 4 aromatic rings. The summed E-state index contributed by atoms with van der Waals surface area (Å²) >= 11 is 0. The number of benzene rings is 2. The molecule has 4 rings (SSSR count). The lowest BCUT2D eigenvalue weighted by Crippen LogP contribution is -2.22. The molecule has 1 amide bonds. The predicted molar refractivity (Wildman–Crippen MR) is 109 cm³/mol. The number of H-pyrrole nitrogens is 1. The molecule has 0 bridgehead atoms. The van der Waals surface area contributed by atoms with Crippen molar-refractivity contribution in [3.05, 3.63) is 82.4 Å². The van der Waals surface area contributed by atoms with E-state index in [1.165, 1.54) is 17.7 Å². The minimum absolute atomic E-state index is 0.133. The van der Waals surface area contributed by atoms with Gasteiger partial charge < -0.3 is 10.1 Å². The highest BCUT2D eigenvalue weighted by Crippen LogP contribution is 2.18.